The molecule has 176 valence electrons. The molecule has 3 amide bonds. The van der Waals surface area contributed by atoms with Gasteiger partial charge in [-0.25, -0.2) is 0 Å². The van der Waals surface area contributed by atoms with Gasteiger partial charge in [-0.15, -0.1) is 13.2 Å². The third kappa shape index (κ3) is 4.54. The summed E-state index contributed by atoms with van der Waals surface area (Å²) in [5.41, 5.74) is 0.549. The van der Waals surface area contributed by atoms with Crippen LogP contribution < -0.4 is 10.1 Å². The van der Waals surface area contributed by atoms with E-state index in [1.807, 2.05) is 0 Å². The molecule has 2 aromatic rings. The van der Waals surface area contributed by atoms with Crippen LogP contribution in [0.25, 0.3) is 0 Å². The molecule has 1 aliphatic carbocycles. The van der Waals surface area contributed by atoms with Crippen molar-refractivity contribution in [1.82, 2.24) is 10.2 Å². The predicted octanol–water partition coefficient (Wildman–Crippen LogP) is 2.80. The number of hydrogen-bond donors (Lipinski definition) is 1. The molecule has 1 saturated carbocycles. The van der Waals surface area contributed by atoms with Crippen molar-refractivity contribution in [3.63, 3.8) is 0 Å². The van der Waals surface area contributed by atoms with Gasteiger partial charge in [-0.1, -0.05) is 12.1 Å². The monoisotopic (exact) mass is 474 g/mol. The number of hydrogen-bond acceptors (Lipinski definition) is 6. The van der Waals surface area contributed by atoms with Crippen molar-refractivity contribution in [1.29, 1.82) is 0 Å². The van der Waals surface area contributed by atoms with Gasteiger partial charge in [-0.2, -0.15) is 0 Å². The lowest BCUT2D eigenvalue weighted by atomic mass is 9.92. The number of nitrogens with zero attached hydrogens (tertiary/aromatic N) is 1. The van der Waals surface area contributed by atoms with E-state index < -0.39 is 41.7 Å². The van der Waals surface area contributed by atoms with E-state index in [-0.39, 0.29) is 48.3 Å². The zero-order valence-electron chi connectivity index (χ0n) is 17.5. The lowest BCUT2D eigenvalue weighted by Crippen LogP contribution is -2.47. The van der Waals surface area contributed by atoms with E-state index in [4.69, 9.17) is 0 Å². The summed E-state index contributed by atoms with van der Waals surface area (Å²) >= 11 is 0. The molecule has 4 rings (SSSR count). The zero-order valence-corrected chi connectivity index (χ0v) is 17.5. The van der Waals surface area contributed by atoms with E-state index in [1.165, 1.54) is 12.1 Å². The Kier molecular flexibility index (Phi) is 5.94. The molecule has 1 atom stereocenters. The standard InChI is InChI=1S/C23H17F3N2O6/c24-23(25,26)34-15-7-4-12(5-8-15)20(31)27-11-13-2-1-3-16-19(13)22(33)28(21(16)32)17-9-6-14(29)10-18(17)30/h1-5,7-8,17H,6,9-11H2,(H,27,31). The first kappa shape index (κ1) is 23.1. The average Bonchev–Trinajstić information content (AvgIpc) is 3.02. The van der Waals surface area contributed by atoms with Crippen molar-refractivity contribution in [3.8, 4) is 5.75 Å². The molecular formula is C23H17F3N2O6. The van der Waals surface area contributed by atoms with Crippen LogP contribution in [0.2, 0.25) is 0 Å². The Hall–Kier alpha value is -4.02. The van der Waals surface area contributed by atoms with E-state index in [2.05, 4.69) is 10.1 Å². The Morgan fingerprint density at radius 1 is 1.03 bits per heavy atom. The summed E-state index contributed by atoms with van der Waals surface area (Å²) in [5.74, 6) is -3.14. The molecule has 0 saturated heterocycles. The third-order valence-corrected chi connectivity index (χ3v) is 5.57. The average molecular weight is 474 g/mol. The highest BCUT2D eigenvalue weighted by atomic mass is 19.4. The highest BCUT2D eigenvalue weighted by molar-refractivity contribution is 6.24. The summed E-state index contributed by atoms with van der Waals surface area (Å²) in [6.45, 7) is -0.146. The SMILES string of the molecule is O=C1CCC(N2C(=O)c3cccc(CNC(=O)c4ccc(OC(F)(F)F)cc4)c3C2=O)C(=O)C1. The fraction of sp³-hybridized carbons (Fsp3) is 0.261. The summed E-state index contributed by atoms with van der Waals surface area (Å²) in [4.78, 5) is 63.1. The number of carbonyl (C=O) groups excluding carboxylic acids is 5. The van der Waals surface area contributed by atoms with Crippen molar-refractivity contribution in [2.75, 3.05) is 0 Å². The Morgan fingerprint density at radius 3 is 2.38 bits per heavy atom. The molecule has 1 heterocycles. The fourth-order valence-electron chi connectivity index (χ4n) is 4.02. The largest absolute Gasteiger partial charge is 0.573 e. The highest BCUT2D eigenvalue weighted by Gasteiger charge is 2.45. The topological polar surface area (TPSA) is 110 Å². The number of ketones is 2. The lowest BCUT2D eigenvalue weighted by molar-refractivity contribution is -0.274. The van der Waals surface area contributed by atoms with Gasteiger partial charge in [0.05, 0.1) is 23.6 Å². The van der Waals surface area contributed by atoms with Gasteiger partial charge in [0.25, 0.3) is 17.7 Å². The maximum atomic E-state index is 13.1. The third-order valence-electron chi connectivity index (χ3n) is 5.57. The zero-order chi connectivity index (χ0) is 24.6. The lowest BCUT2D eigenvalue weighted by Gasteiger charge is -2.27. The van der Waals surface area contributed by atoms with Crippen LogP contribution in [0.5, 0.6) is 5.75 Å². The van der Waals surface area contributed by atoms with Gasteiger partial charge in [-0.05, 0) is 42.3 Å². The molecule has 1 fully saturated rings. The first-order valence-electron chi connectivity index (χ1n) is 10.2. The van der Waals surface area contributed by atoms with Crippen LogP contribution in [0.1, 0.15) is 55.9 Å². The molecule has 1 aliphatic heterocycles. The highest BCUT2D eigenvalue weighted by Crippen LogP contribution is 2.31. The van der Waals surface area contributed by atoms with E-state index >= 15 is 0 Å². The molecule has 1 unspecified atom stereocenters. The van der Waals surface area contributed by atoms with Crippen LogP contribution in [0.3, 0.4) is 0 Å². The first-order valence-corrected chi connectivity index (χ1v) is 10.2. The Labute approximate surface area is 190 Å². The number of benzene rings is 2. The molecule has 11 heteroatoms. The minimum absolute atomic E-state index is 0.0589. The van der Waals surface area contributed by atoms with Gasteiger partial charge < -0.3 is 10.1 Å². The molecule has 0 bridgehead atoms. The number of amides is 3. The van der Waals surface area contributed by atoms with Crippen molar-refractivity contribution in [2.45, 2.75) is 38.2 Å². The number of imide groups is 1. The van der Waals surface area contributed by atoms with E-state index in [0.29, 0.717) is 5.56 Å². The van der Waals surface area contributed by atoms with Crippen LogP contribution in [0.15, 0.2) is 42.5 Å². The van der Waals surface area contributed by atoms with Crippen molar-refractivity contribution < 1.29 is 41.9 Å². The molecule has 0 spiro atoms. The van der Waals surface area contributed by atoms with E-state index in [0.717, 1.165) is 29.2 Å². The summed E-state index contributed by atoms with van der Waals surface area (Å²) in [6.07, 6.45) is -5.01. The Balaban J connectivity index is 1.48. The van der Waals surface area contributed by atoms with Crippen LogP contribution in [-0.4, -0.2) is 46.6 Å². The molecule has 0 radical (unpaired) electrons. The summed E-state index contributed by atoms with van der Waals surface area (Å²) in [7, 11) is 0. The molecule has 34 heavy (non-hydrogen) atoms. The quantitative estimate of drug-likeness (QED) is 0.527. The van der Waals surface area contributed by atoms with Crippen molar-refractivity contribution in [2.24, 2.45) is 0 Å². The van der Waals surface area contributed by atoms with E-state index in [9.17, 15) is 37.1 Å². The fourth-order valence-corrected chi connectivity index (χ4v) is 4.02. The maximum Gasteiger partial charge on any atom is 0.573 e. The predicted molar refractivity (Wildman–Crippen MR) is 109 cm³/mol. The summed E-state index contributed by atoms with van der Waals surface area (Å²) in [5, 5.41) is 2.56. The maximum absolute atomic E-state index is 13.1. The minimum atomic E-state index is -4.85. The number of rotatable bonds is 5. The summed E-state index contributed by atoms with van der Waals surface area (Å²) in [6, 6.07) is 7.80. The number of fused-ring (bicyclic) bond motifs is 1. The normalized spacial score (nSPS) is 18.2. The van der Waals surface area contributed by atoms with E-state index in [1.54, 1.807) is 6.07 Å². The second-order valence-corrected chi connectivity index (χ2v) is 7.81. The first-order chi connectivity index (χ1) is 16.0. The van der Waals surface area contributed by atoms with Crippen molar-refractivity contribution >= 4 is 29.3 Å². The van der Waals surface area contributed by atoms with Crippen molar-refractivity contribution in [3.05, 3.63) is 64.7 Å². The van der Waals surface area contributed by atoms with Gasteiger partial charge in [0, 0.05) is 18.5 Å². The minimum Gasteiger partial charge on any atom is -0.406 e. The van der Waals surface area contributed by atoms with Gasteiger partial charge in [0.15, 0.2) is 5.78 Å². The summed E-state index contributed by atoms with van der Waals surface area (Å²) < 4.78 is 40.6. The van der Waals surface area contributed by atoms with Crippen LogP contribution in [-0.2, 0) is 16.1 Å². The van der Waals surface area contributed by atoms with Gasteiger partial charge >= 0.3 is 6.36 Å². The van der Waals surface area contributed by atoms with Crippen LogP contribution in [0, 0.1) is 0 Å². The molecule has 0 aromatic heterocycles. The number of Topliss-reactive ketones (excluding diaryl/α,β-unsaturated/α-hetero) is 2. The second-order valence-electron chi connectivity index (χ2n) is 7.81. The molecule has 8 nitrogen and oxygen atoms in total. The molecule has 2 aliphatic rings. The molecule has 1 N–H and O–H groups in total. The molecule has 2 aromatic carbocycles. The Bertz CT molecular complexity index is 1210. The Morgan fingerprint density at radius 2 is 1.74 bits per heavy atom. The number of nitrogens with one attached hydrogen (secondary N) is 1. The second kappa shape index (κ2) is 8.73. The van der Waals surface area contributed by atoms with Gasteiger partial charge in [-0.3, -0.25) is 28.9 Å². The number of halogens is 3. The van der Waals surface area contributed by atoms with Gasteiger partial charge in [0.1, 0.15) is 11.5 Å². The van der Waals surface area contributed by atoms with Crippen LogP contribution in [0.4, 0.5) is 13.2 Å². The number of alkyl halides is 3. The van der Waals surface area contributed by atoms with Gasteiger partial charge in [0.2, 0.25) is 0 Å². The van der Waals surface area contributed by atoms with Crippen LogP contribution >= 0.6 is 0 Å². The number of ether oxygens (including phenoxy) is 1. The number of carbonyl (C=O) groups is 5. The molecular weight excluding hydrogens is 457 g/mol. The smallest absolute Gasteiger partial charge is 0.406 e.